The van der Waals surface area contributed by atoms with Gasteiger partial charge in [-0.1, -0.05) is 13.8 Å². The van der Waals surface area contributed by atoms with Crippen molar-refractivity contribution in [1.82, 2.24) is 9.55 Å². The second-order valence-corrected chi connectivity index (χ2v) is 4.09. The van der Waals surface area contributed by atoms with Crippen LogP contribution in [0.2, 0.25) is 0 Å². The van der Waals surface area contributed by atoms with E-state index in [-0.39, 0.29) is 6.04 Å². The van der Waals surface area contributed by atoms with Crippen LogP contribution >= 0.6 is 0 Å². The van der Waals surface area contributed by atoms with E-state index in [1.165, 1.54) is 0 Å². The van der Waals surface area contributed by atoms with Crippen LogP contribution in [0.5, 0.6) is 0 Å². The third-order valence-electron chi connectivity index (χ3n) is 2.31. The zero-order valence-electron chi connectivity index (χ0n) is 8.86. The van der Waals surface area contributed by atoms with Gasteiger partial charge in [0.1, 0.15) is 0 Å². The standard InChI is InChI=1S/C10H19N3/c1-7(2)10(11)9-5-12-6-13(9)8(3)4/h5-8,10H,11H2,1-4H3. The number of rotatable bonds is 3. The molecule has 0 aliphatic rings. The highest BCUT2D eigenvalue weighted by Crippen LogP contribution is 2.20. The Morgan fingerprint density at radius 1 is 1.31 bits per heavy atom. The summed E-state index contributed by atoms with van der Waals surface area (Å²) in [6, 6.07) is 0.521. The number of nitrogens with two attached hydrogens (primary N) is 1. The second-order valence-electron chi connectivity index (χ2n) is 4.09. The first-order chi connectivity index (χ1) is 6.04. The Morgan fingerprint density at radius 3 is 2.38 bits per heavy atom. The highest BCUT2D eigenvalue weighted by atomic mass is 15.1. The normalized spacial score (nSPS) is 14.1. The van der Waals surface area contributed by atoms with Crippen molar-refractivity contribution in [2.45, 2.75) is 39.8 Å². The van der Waals surface area contributed by atoms with Crippen LogP contribution in [0.1, 0.15) is 45.5 Å². The van der Waals surface area contributed by atoms with Crippen molar-refractivity contribution >= 4 is 0 Å². The van der Waals surface area contributed by atoms with Crippen molar-refractivity contribution in [1.29, 1.82) is 0 Å². The number of hydrogen-bond donors (Lipinski definition) is 1. The molecule has 1 atom stereocenters. The van der Waals surface area contributed by atoms with E-state index in [2.05, 4.69) is 37.2 Å². The van der Waals surface area contributed by atoms with E-state index < -0.39 is 0 Å². The van der Waals surface area contributed by atoms with Crippen LogP contribution in [0, 0.1) is 5.92 Å². The minimum absolute atomic E-state index is 0.0879. The van der Waals surface area contributed by atoms with Gasteiger partial charge in [0.05, 0.1) is 12.0 Å². The van der Waals surface area contributed by atoms with Crippen LogP contribution in [0.4, 0.5) is 0 Å². The summed E-state index contributed by atoms with van der Waals surface area (Å²) >= 11 is 0. The van der Waals surface area contributed by atoms with Crippen molar-refractivity contribution in [2.24, 2.45) is 11.7 Å². The first kappa shape index (κ1) is 10.3. The predicted octanol–water partition coefficient (Wildman–Crippen LogP) is 2.12. The number of aromatic nitrogens is 2. The summed E-state index contributed by atoms with van der Waals surface area (Å²) in [6.07, 6.45) is 3.72. The summed E-state index contributed by atoms with van der Waals surface area (Å²) < 4.78 is 2.13. The maximum Gasteiger partial charge on any atom is 0.0951 e. The molecule has 0 fully saturated rings. The van der Waals surface area contributed by atoms with Crippen LogP contribution in [-0.4, -0.2) is 9.55 Å². The lowest BCUT2D eigenvalue weighted by atomic mass is 10.0. The molecule has 1 unspecified atom stereocenters. The largest absolute Gasteiger partial charge is 0.331 e. The zero-order valence-corrected chi connectivity index (χ0v) is 8.86. The first-order valence-electron chi connectivity index (χ1n) is 4.81. The number of nitrogens with zero attached hydrogens (tertiary/aromatic N) is 2. The molecule has 0 amide bonds. The lowest BCUT2D eigenvalue weighted by Gasteiger charge is -2.19. The lowest BCUT2D eigenvalue weighted by molar-refractivity contribution is 0.460. The van der Waals surface area contributed by atoms with E-state index >= 15 is 0 Å². The molecule has 2 N–H and O–H groups in total. The molecule has 0 bridgehead atoms. The fourth-order valence-electron chi connectivity index (χ4n) is 1.35. The Kier molecular flexibility index (Phi) is 3.09. The van der Waals surface area contributed by atoms with E-state index in [9.17, 15) is 0 Å². The van der Waals surface area contributed by atoms with Crippen molar-refractivity contribution < 1.29 is 0 Å². The molecule has 74 valence electrons. The molecule has 0 saturated heterocycles. The van der Waals surface area contributed by atoms with Gasteiger partial charge in [-0.05, 0) is 19.8 Å². The van der Waals surface area contributed by atoms with Crippen LogP contribution in [-0.2, 0) is 0 Å². The van der Waals surface area contributed by atoms with Crippen LogP contribution in [0.15, 0.2) is 12.5 Å². The fraction of sp³-hybridized carbons (Fsp3) is 0.700. The maximum atomic E-state index is 6.06. The predicted molar refractivity (Wildman–Crippen MR) is 54.4 cm³/mol. The molecule has 1 aromatic heterocycles. The average molecular weight is 181 g/mol. The Hall–Kier alpha value is -0.830. The number of imidazole rings is 1. The SMILES string of the molecule is CC(C)C(N)c1cncn1C(C)C. The Bertz CT molecular complexity index is 263. The molecule has 3 heteroatoms. The van der Waals surface area contributed by atoms with Gasteiger partial charge in [-0.25, -0.2) is 4.98 Å². The molecule has 0 aliphatic carbocycles. The highest BCUT2D eigenvalue weighted by molar-refractivity contribution is 5.06. The Morgan fingerprint density at radius 2 is 1.92 bits per heavy atom. The van der Waals surface area contributed by atoms with Gasteiger partial charge >= 0.3 is 0 Å². The van der Waals surface area contributed by atoms with Crippen molar-refractivity contribution in [2.75, 3.05) is 0 Å². The average Bonchev–Trinajstić information content (AvgIpc) is 2.50. The minimum atomic E-state index is 0.0879. The molecule has 0 aliphatic heterocycles. The Balaban J connectivity index is 2.93. The molecular weight excluding hydrogens is 162 g/mol. The van der Waals surface area contributed by atoms with Crippen LogP contribution in [0.3, 0.4) is 0 Å². The first-order valence-corrected chi connectivity index (χ1v) is 4.81. The van der Waals surface area contributed by atoms with Gasteiger partial charge in [-0.15, -0.1) is 0 Å². The summed E-state index contributed by atoms with van der Waals surface area (Å²) in [5.41, 5.74) is 7.19. The smallest absolute Gasteiger partial charge is 0.0951 e. The van der Waals surface area contributed by atoms with Gasteiger partial charge in [0, 0.05) is 18.3 Å². The lowest BCUT2D eigenvalue weighted by Crippen LogP contribution is -2.21. The minimum Gasteiger partial charge on any atom is -0.331 e. The molecule has 1 rings (SSSR count). The van der Waals surface area contributed by atoms with E-state index in [0.717, 1.165) is 5.69 Å². The van der Waals surface area contributed by atoms with Gasteiger partial charge in [-0.2, -0.15) is 0 Å². The molecule has 0 saturated carbocycles. The van der Waals surface area contributed by atoms with Crippen LogP contribution < -0.4 is 5.73 Å². The van der Waals surface area contributed by atoms with Gasteiger partial charge in [0.15, 0.2) is 0 Å². The van der Waals surface area contributed by atoms with Crippen LogP contribution in [0.25, 0.3) is 0 Å². The fourth-order valence-corrected chi connectivity index (χ4v) is 1.35. The summed E-state index contributed by atoms with van der Waals surface area (Å²) in [5.74, 6) is 0.453. The van der Waals surface area contributed by atoms with Crippen molar-refractivity contribution in [3.63, 3.8) is 0 Å². The zero-order chi connectivity index (χ0) is 10.0. The quantitative estimate of drug-likeness (QED) is 0.776. The summed E-state index contributed by atoms with van der Waals surface area (Å²) in [5, 5.41) is 0. The Labute approximate surface area is 80.0 Å². The molecule has 0 radical (unpaired) electrons. The van der Waals surface area contributed by atoms with Gasteiger partial charge in [0.2, 0.25) is 0 Å². The van der Waals surface area contributed by atoms with E-state index in [4.69, 9.17) is 5.73 Å². The summed E-state index contributed by atoms with van der Waals surface area (Å²) in [6.45, 7) is 8.53. The maximum absolute atomic E-state index is 6.06. The number of hydrogen-bond acceptors (Lipinski definition) is 2. The molecule has 0 aromatic carbocycles. The van der Waals surface area contributed by atoms with Gasteiger partial charge in [-0.3, -0.25) is 0 Å². The second kappa shape index (κ2) is 3.92. The highest BCUT2D eigenvalue weighted by Gasteiger charge is 2.15. The molecule has 3 nitrogen and oxygen atoms in total. The molecule has 0 spiro atoms. The molecular formula is C10H19N3. The summed E-state index contributed by atoms with van der Waals surface area (Å²) in [7, 11) is 0. The van der Waals surface area contributed by atoms with E-state index in [1.54, 1.807) is 0 Å². The monoisotopic (exact) mass is 181 g/mol. The van der Waals surface area contributed by atoms with E-state index in [1.807, 2.05) is 12.5 Å². The molecule has 1 aromatic rings. The third-order valence-corrected chi connectivity index (χ3v) is 2.31. The van der Waals surface area contributed by atoms with Crippen molar-refractivity contribution in [3.05, 3.63) is 18.2 Å². The topological polar surface area (TPSA) is 43.8 Å². The molecule has 1 heterocycles. The van der Waals surface area contributed by atoms with Gasteiger partial charge < -0.3 is 10.3 Å². The molecule has 13 heavy (non-hydrogen) atoms. The van der Waals surface area contributed by atoms with E-state index in [0.29, 0.717) is 12.0 Å². The third kappa shape index (κ3) is 2.10. The van der Waals surface area contributed by atoms with Crippen molar-refractivity contribution in [3.8, 4) is 0 Å². The summed E-state index contributed by atoms with van der Waals surface area (Å²) in [4.78, 5) is 4.13. The van der Waals surface area contributed by atoms with Gasteiger partial charge in [0.25, 0.3) is 0 Å².